The van der Waals surface area contributed by atoms with Crippen molar-refractivity contribution in [2.75, 3.05) is 25.0 Å². The molecule has 1 aromatic rings. The molecule has 0 aromatic heterocycles. The molecule has 0 aliphatic carbocycles. The molecule has 3 N–H and O–H groups in total. The number of nitrogens with zero attached hydrogens (tertiary/aromatic N) is 1. The Hall–Kier alpha value is -1.64. The number of benzene rings is 1. The number of halogens is 1. The van der Waals surface area contributed by atoms with Gasteiger partial charge in [-0.2, -0.15) is 5.26 Å². The van der Waals surface area contributed by atoms with E-state index < -0.39 is 5.82 Å². The smallest absolute Gasteiger partial charge is 0.124 e. The molecule has 0 saturated carbocycles. The van der Waals surface area contributed by atoms with E-state index in [9.17, 15) is 4.39 Å². The van der Waals surface area contributed by atoms with Gasteiger partial charge in [0.2, 0.25) is 0 Å². The summed E-state index contributed by atoms with van der Waals surface area (Å²) in [6, 6.07) is 5.99. The Labute approximate surface area is 100 Å². The maximum absolute atomic E-state index is 12.8. The Balaban J connectivity index is 2.39. The minimum Gasteiger partial charge on any atom is -0.392 e. The normalized spacial score (nSPS) is 11.9. The summed E-state index contributed by atoms with van der Waals surface area (Å²) in [6.07, 6.45) is -0.379. The fourth-order valence-corrected chi connectivity index (χ4v) is 1.36. The average Bonchev–Trinajstić information content (AvgIpc) is 2.29. The van der Waals surface area contributed by atoms with Crippen molar-refractivity contribution in [1.82, 2.24) is 5.32 Å². The van der Waals surface area contributed by atoms with Gasteiger partial charge in [0.25, 0.3) is 0 Å². The first-order chi connectivity index (χ1) is 8.13. The molecule has 1 rings (SSSR count). The fourth-order valence-electron chi connectivity index (χ4n) is 1.36. The number of hydrogen-bond donors (Lipinski definition) is 3. The van der Waals surface area contributed by atoms with Gasteiger partial charge in [0, 0.05) is 19.6 Å². The van der Waals surface area contributed by atoms with Crippen LogP contribution in [0.25, 0.3) is 0 Å². The number of anilines is 1. The van der Waals surface area contributed by atoms with Gasteiger partial charge < -0.3 is 15.7 Å². The highest BCUT2D eigenvalue weighted by Gasteiger charge is 2.02. The van der Waals surface area contributed by atoms with Crippen LogP contribution in [0, 0.1) is 17.1 Å². The number of rotatable bonds is 6. The minimum absolute atomic E-state index is 0.292. The monoisotopic (exact) mass is 237 g/mol. The van der Waals surface area contributed by atoms with E-state index in [1.807, 2.05) is 6.07 Å². The molecular weight excluding hydrogens is 221 g/mol. The van der Waals surface area contributed by atoms with Crippen LogP contribution in [-0.4, -0.2) is 30.8 Å². The molecule has 0 aliphatic heterocycles. The summed E-state index contributed by atoms with van der Waals surface area (Å²) in [4.78, 5) is 0. The van der Waals surface area contributed by atoms with Gasteiger partial charge in [0.1, 0.15) is 11.9 Å². The van der Waals surface area contributed by atoms with Crippen molar-refractivity contribution in [1.29, 1.82) is 5.26 Å². The lowest BCUT2D eigenvalue weighted by Crippen LogP contribution is -2.29. The molecule has 0 radical (unpaired) electrons. The number of nitriles is 1. The molecule has 17 heavy (non-hydrogen) atoms. The molecule has 0 spiro atoms. The van der Waals surface area contributed by atoms with Crippen molar-refractivity contribution in [2.24, 2.45) is 0 Å². The van der Waals surface area contributed by atoms with E-state index in [-0.39, 0.29) is 6.10 Å². The summed E-state index contributed by atoms with van der Waals surface area (Å²) in [6.45, 7) is 3.49. The van der Waals surface area contributed by atoms with Gasteiger partial charge in [-0.1, -0.05) is 0 Å². The Kier molecular flexibility index (Phi) is 5.40. The minimum atomic E-state index is -0.417. The molecule has 1 aromatic carbocycles. The highest BCUT2D eigenvalue weighted by atomic mass is 19.1. The van der Waals surface area contributed by atoms with E-state index in [4.69, 9.17) is 10.4 Å². The molecule has 1 atom stereocenters. The van der Waals surface area contributed by atoms with E-state index in [0.717, 1.165) is 0 Å². The molecule has 4 nitrogen and oxygen atoms in total. The molecule has 0 bridgehead atoms. The van der Waals surface area contributed by atoms with Crippen LogP contribution in [-0.2, 0) is 0 Å². The molecule has 5 heteroatoms. The Morgan fingerprint density at radius 2 is 2.24 bits per heavy atom. The molecule has 92 valence electrons. The quantitative estimate of drug-likeness (QED) is 0.648. The van der Waals surface area contributed by atoms with Gasteiger partial charge in [0.15, 0.2) is 0 Å². The molecule has 1 unspecified atom stereocenters. The molecule has 0 fully saturated rings. The SMILES string of the molecule is CC(O)CNCCNc1ccc(F)cc1C#N. The van der Waals surface area contributed by atoms with Crippen LogP contribution in [0.4, 0.5) is 10.1 Å². The largest absolute Gasteiger partial charge is 0.392 e. The van der Waals surface area contributed by atoms with Gasteiger partial charge >= 0.3 is 0 Å². The summed E-state index contributed by atoms with van der Waals surface area (Å²) >= 11 is 0. The number of aliphatic hydroxyl groups excluding tert-OH is 1. The van der Waals surface area contributed by atoms with Crippen LogP contribution in [0.2, 0.25) is 0 Å². The van der Waals surface area contributed by atoms with Crippen LogP contribution in [0.5, 0.6) is 0 Å². The fraction of sp³-hybridized carbons (Fsp3) is 0.417. The second-order valence-electron chi connectivity index (χ2n) is 3.78. The van der Waals surface area contributed by atoms with Gasteiger partial charge in [-0.05, 0) is 25.1 Å². The lowest BCUT2D eigenvalue weighted by molar-refractivity contribution is 0.192. The van der Waals surface area contributed by atoms with Crippen molar-refractivity contribution in [2.45, 2.75) is 13.0 Å². The van der Waals surface area contributed by atoms with Crippen LogP contribution in [0.1, 0.15) is 12.5 Å². The number of nitrogens with one attached hydrogen (secondary N) is 2. The highest BCUT2D eigenvalue weighted by molar-refractivity contribution is 5.57. The third-order valence-electron chi connectivity index (χ3n) is 2.16. The van der Waals surface area contributed by atoms with Crippen molar-refractivity contribution < 1.29 is 9.50 Å². The van der Waals surface area contributed by atoms with Gasteiger partial charge in [-0.25, -0.2) is 4.39 Å². The molecule has 0 heterocycles. The average molecular weight is 237 g/mol. The van der Waals surface area contributed by atoms with Crippen LogP contribution in [0.15, 0.2) is 18.2 Å². The lowest BCUT2D eigenvalue weighted by Gasteiger charge is -2.10. The zero-order valence-electron chi connectivity index (χ0n) is 9.70. The molecule has 0 saturated heterocycles. The topological polar surface area (TPSA) is 68.1 Å². The van der Waals surface area contributed by atoms with Crippen LogP contribution >= 0.6 is 0 Å². The van der Waals surface area contributed by atoms with Crippen molar-refractivity contribution >= 4 is 5.69 Å². The summed E-state index contributed by atoms with van der Waals surface area (Å²) in [5.74, 6) is -0.417. The van der Waals surface area contributed by atoms with E-state index in [0.29, 0.717) is 30.9 Å². The van der Waals surface area contributed by atoms with E-state index >= 15 is 0 Å². The predicted octanol–water partition coefficient (Wildman–Crippen LogP) is 1.08. The first kappa shape index (κ1) is 13.4. The highest BCUT2D eigenvalue weighted by Crippen LogP contribution is 2.15. The standard InChI is InChI=1S/C12H16FN3O/c1-9(17)8-15-4-5-16-12-3-2-11(13)6-10(12)7-14/h2-3,6,9,15-17H,4-5,8H2,1H3. The Morgan fingerprint density at radius 1 is 1.47 bits per heavy atom. The zero-order valence-corrected chi connectivity index (χ0v) is 9.70. The van der Waals surface area contributed by atoms with E-state index in [1.54, 1.807) is 13.0 Å². The van der Waals surface area contributed by atoms with Crippen molar-refractivity contribution in [3.63, 3.8) is 0 Å². The van der Waals surface area contributed by atoms with Crippen molar-refractivity contribution in [3.8, 4) is 6.07 Å². The van der Waals surface area contributed by atoms with E-state index in [1.165, 1.54) is 12.1 Å². The van der Waals surface area contributed by atoms with E-state index in [2.05, 4.69) is 10.6 Å². The summed E-state index contributed by atoms with van der Waals surface area (Å²) in [7, 11) is 0. The second-order valence-corrected chi connectivity index (χ2v) is 3.78. The molecule has 0 aliphatic rings. The van der Waals surface area contributed by atoms with Crippen LogP contribution < -0.4 is 10.6 Å². The summed E-state index contributed by atoms with van der Waals surface area (Å²) in [5.41, 5.74) is 0.910. The Bertz CT molecular complexity index is 401. The molecule has 0 amide bonds. The van der Waals surface area contributed by atoms with Gasteiger partial charge in [-0.3, -0.25) is 0 Å². The number of hydrogen-bond acceptors (Lipinski definition) is 4. The Morgan fingerprint density at radius 3 is 2.88 bits per heavy atom. The number of aliphatic hydroxyl groups is 1. The zero-order chi connectivity index (χ0) is 12.7. The van der Waals surface area contributed by atoms with Crippen LogP contribution in [0.3, 0.4) is 0 Å². The summed E-state index contributed by atoms with van der Waals surface area (Å²) < 4.78 is 12.8. The predicted molar refractivity (Wildman–Crippen MR) is 64.2 cm³/mol. The first-order valence-corrected chi connectivity index (χ1v) is 5.46. The maximum Gasteiger partial charge on any atom is 0.124 e. The summed E-state index contributed by atoms with van der Waals surface area (Å²) in [5, 5.41) is 23.9. The molecular formula is C12H16FN3O. The van der Waals surface area contributed by atoms with Gasteiger partial charge in [0.05, 0.1) is 17.4 Å². The van der Waals surface area contributed by atoms with Crippen molar-refractivity contribution in [3.05, 3.63) is 29.6 Å². The lowest BCUT2D eigenvalue weighted by atomic mass is 10.2. The van der Waals surface area contributed by atoms with Gasteiger partial charge in [-0.15, -0.1) is 0 Å². The maximum atomic E-state index is 12.8. The first-order valence-electron chi connectivity index (χ1n) is 5.46. The third-order valence-corrected chi connectivity index (χ3v) is 2.16. The second kappa shape index (κ2) is 6.84. The third kappa shape index (κ3) is 4.81.